The molecule has 0 amide bonds. The van der Waals surface area contributed by atoms with Crippen molar-refractivity contribution in [3.63, 3.8) is 0 Å². The second-order valence-electron chi connectivity index (χ2n) is 4.33. The molecule has 116 valence electrons. The number of nitrogens with one attached hydrogen (secondary N) is 3. The van der Waals surface area contributed by atoms with Gasteiger partial charge in [-0.15, -0.1) is 0 Å². The summed E-state index contributed by atoms with van der Waals surface area (Å²) in [6.07, 6.45) is 1.61. The second kappa shape index (κ2) is 7.77. The van der Waals surface area contributed by atoms with E-state index in [4.69, 9.17) is 0 Å². The molecule has 8 nitrogen and oxygen atoms in total. The van der Waals surface area contributed by atoms with Gasteiger partial charge in [-0.2, -0.15) is 20.1 Å². The summed E-state index contributed by atoms with van der Waals surface area (Å²) >= 11 is 0. The minimum absolute atomic E-state index is 0.216. The molecule has 0 saturated carbocycles. The highest BCUT2D eigenvalue weighted by atomic mass is 16.3. The quantitative estimate of drug-likeness (QED) is 0.457. The summed E-state index contributed by atoms with van der Waals surface area (Å²) < 4.78 is 0. The molecule has 2 rings (SSSR count). The summed E-state index contributed by atoms with van der Waals surface area (Å²) in [7, 11) is 0. The highest BCUT2D eigenvalue weighted by Crippen LogP contribution is 2.10. The molecule has 0 aliphatic rings. The molecule has 0 fully saturated rings. The molecule has 8 heteroatoms. The lowest BCUT2D eigenvalue weighted by Crippen LogP contribution is -2.10. The Kier molecular flexibility index (Phi) is 5.47. The first kappa shape index (κ1) is 15.5. The molecule has 1 aromatic carbocycles. The Hall–Kier alpha value is -2.90. The number of anilines is 3. The molecule has 0 aliphatic heterocycles. The molecule has 22 heavy (non-hydrogen) atoms. The summed E-state index contributed by atoms with van der Waals surface area (Å²) in [6.45, 7) is 5.36. The largest absolute Gasteiger partial charge is 0.508 e. The van der Waals surface area contributed by atoms with E-state index in [1.54, 1.807) is 30.5 Å². The van der Waals surface area contributed by atoms with Gasteiger partial charge in [-0.3, -0.25) is 0 Å². The average molecular weight is 301 g/mol. The highest BCUT2D eigenvalue weighted by Gasteiger charge is 2.04. The van der Waals surface area contributed by atoms with Crippen LogP contribution in [0.5, 0.6) is 5.75 Å². The SMILES string of the molecule is CCNc1nc(NCC)nc(N/N=C/c2ccc(O)cc2)n1. The molecular weight excluding hydrogens is 282 g/mol. The van der Waals surface area contributed by atoms with Crippen LogP contribution in [0.2, 0.25) is 0 Å². The van der Waals surface area contributed by atoms with Crippen molar-refractivity contribution in [3.8, 4) is 5.75 Å². The molecule has 2 aromatic rings. The van der Waals surface area contributed by atoms with Gasteiger partial charge >= 0.3 is 0 Å². The summed E-state index contributed by atoms with van der Waals surface area (Å²) in [5, 5.41) is 19.4. The van der Waals surface area contributed by atoms with Crippen LogP contribution < -0.4 is 16.1 Å². The molecule has 0 saturated heterocycles. The predicted molar refractivity (Wildman–Crippen MR) is 87.5 cm³/mol. The van der Waals surface area contributed by atoms with E-state index in [0.29, 0.717) is 30.9 Å². The lowest BCUT2D eigenvalue weighted by Gasteiger charge is -2.07. The molecule has 0 aliphatic carbocycles. The van der Waals surface area contributed by atoms with Gasteiger partial charge < -0.3 is 15.7 Å². The number of phenols is 1. The van der Waals surface area contributed by atoms with Crippen LogP contribution in [0.4, 0.5) is 17.8 Å². The first-order chi connectivity index (χ1) is 10.7. The molecule has 0 atom stereocenters. The van der Waals surface area contributed by atoms with Crippen molar-refractivity contribution in [2.24, 2.45) is 5.10 Å². The van der Waals surface area contributed by atoms with Crippen molar-refractivity contribution in [2.45, 2.75) is 13.8 Å². The van der Waals surface area contributed by atoms with E-state index in [9.17, 15) is 5.11 Å². The van der Waals surface area contributed by atoms with Gasteiger partial charge in [-0.1, -0.05) is 0 Å². The van der Waals surface area contributed by atoms with E-state index in [1.165, 1.54) is 0 Å². The van der Waals surface area contributed by atoms with Gasteiger partial charge in [-0.05, 0) is 43.7 Å². The van der Waals surface area contributed by atoms with Crippen molar-refractivity contribution in [1.29, 1.82) is 0 Å². The third kappa shape index (κ3) is 4.58. The monoisotopic (exact) mass is 301 g/mol. The Morgan fingerprint density at radius 1 is 0.955 bits per heavy atom. The Labute approximate surface area is 128 Å². The topological polar surface area (TPSA) is 107 Å². The van der Waals surface area contributed by atoms with Crippen LogP contribution in [0, 0.1) is 0 Å². The fourth-order valence-corrected chi connectivity index (χ4v) is 1.63. The molecule has 0 spiro atoms. The molecular formula is C14H19N7O. The maximum absolute atomic E-state index is 9.22. The van der Waals surface area contributed by atoms with E-state index in [-0.39, 0.29) is 5.75 Å². The zero-order valence-electron chi connectivity index (χ0n) is 12.5. The van der Waals surface area contributed by atoms with E-state index in [2.05, 4.69) is 36.1 Å². The van der Waals surface area contributed by atoms with Crippen LogP contribution in [-0.2, 0) is 0 Å². The maximum atomic E-state index is 9.22. The highest BCUT2D eigenvalue weighted by molar-refractivity contribution is 5.80. The van der Waals surface area contributed by atoms with Crippen LogP contribution in [0.1, 0.15) is 19.4 Å². The van der Waals surface area contributed by atoms with Gasteiger partial charge in [0.2, 0.25) is 17.8 Å². The number of aromatic nitrogens is 3. The number of nitrogens with zero attached hydrogens (tertiary/aromatic N) is 4. The van der Waals surface area contributed by atoms with Crippen LogP contribution in [0.3, 0.4) is 0 Å². The third-order valence-electron chi connectivity index (χ3n) is 2.58. The van der Waals surface area contributed by atoms with Crippen molar-refractivity contribution in [1.82, 2.24) is 15.0 Å². The zero-order valence-corrected chi connectivity index (χ0v) is 12.5. The Balaban J connectivity index is 2.08. The number of hydrogen-bond acceptors (Lipinski definition) is 8. The maximum Gasteiger partial charge on any atom is 0.250 e. The number of hydrazone groups is 1. The normalized spacial score (nSPS) is 10.6. The smallest absolute Gasteiger partial charge is 0.250 e. The lowest BCUT2D eigenvalue weighted by atomic mass is 10.2. The van der Waals surface area contributed by atoms with E-state index >= 15 is 0 Å². The van der Waals surface area contributed by atoms with Crippen LogP contribution in [-0.4, -0.2) is 39.4 Å². The van der Waals surface area contributed by atoms with Crippen molar-refractivity contribution < 1.29 is 5.11 Å². The van der Waals surface area contributed by atoms with E-state index in [1.807, 2.05) is 13.8 Å². The standard InChI is InChI=1S/C14H19N7O/c1-3-15-12-18-13(16-4-2)20-14(19-12)21-17-9-10-5-7-11(22)8-6-10/h5-9,22H,3-4H2,1-2H3,(H3,15,16,18,19,20,21)/b17-9+. The number of benzene rings is 1. The first-order valence-corrected chi connectivity index (χ1v) is 7.03. The zero-order chi connectivity index (χ0) is 15.8. The molecule has 0 bridgehead atoms. The predicted octanol–water partition coefficient (Wildman–Crippen LogP) is 1.89. The van der Waals surface area contributed by atoms with Gasteiger partial charge in [0.25, 0.3) is 0 Å². The van der Waals surface area contributed by atoms with Gasteiger partial charge in [0, 0.05) is 13.1 Å². The summed E-state index contributed by atoms with van der Waals surface area (Å²) in [6, 6.07) is 6.69. The van der Waals surface area contributed by atoms with Crippen LogP contribution in [0.15, 0.2) is 29.4 Å². The van der Waals surface area contributed by atoms with Crippen molar-refractivity contribution in [2.75, 3.05) is 29.1 Å². The van der Waals surface area contributed by atoms with Gasteiger partial charge in [0.05, 0.1) is 6.21 Å². The van der Waals surface area contributed by atoms with Crippen molar-refractivity contribution >= 4 is 24.1 Å². The minimum atomic E-state index is 0.216. The average Bonchev–Trinajstić information content (AvgIpc) is 2.50. The van der Waals surface area contributed by atoms with Gasteiger partial charge in [0.15, 0.2) is 0 Å². The van der Waals surface area contributed by atoms with E-state index < -0.39 is 0 Å². The van der Waals surface area contributed by atoms with Crippen LogP contribution in [0.25, 0.3) is 0 Å². The second-order valence-corrected chi connectivity index (χ2v) is 4.33. The Morgan fingerprint density at radius 3 is 2.05 bits per heavy atom. The Morgan fingerprint density at radius 2 is 1.50 bits per heavy atom. The fourth-order valence-electron chi connectivity index (χ4n) is 1.63. The number of hydrogen-bond donors (Lipinski definition) is 4. The summed E-state index contributed by atoms with van der Waals surface area (Å²) in [4.78, 5) is 12.6. The van der Waals surface area contributed by atoms with Gasteiger partial charge in [0.1, 0.15) is 5.75 Å². The van der Waals surface area contributed by atoms with Gasteiger partial charge in [-0.25, -0.2) is 5.43 Å². The molecule has 0 unspecified atom stereocenters. The number of rotatable bonds is 7. The summed E-state index contributed by atoms with van der Waals surface area (Å²) in [5.41, 5.74) is 3.62. The van der Waals surface area contributed by atoms with Crippen molar-refractivity contribution in [3.05, 3.63) is 29.8 Å². The fraction of sp³-hybridized carbons (Fsp3) is 0.286. The molecule has 0 radical (unpaired) electrons. The number of phenolic OH excluding ortho intramolecular Hbond substituents is 1. The molecule has 1 heterocycles. The molecule has 4 N–H and O–H groups in total. The third-order valence-corrected chi connectivity index (χ3v) is 2.58. The Bertz CT molecular complexity index is 603. The number of aromatic hydroxyl groups is 1. The molecule has 1 aromatic heterocycles. The minimum Gasteiger partial charge on any atom is -0.508 e. The summed E-state index contributed by atoms with van der Waals surface area (Å²) in [5.74, 6) is 1.52. The van der Waals surface area contributed by atoms with Crippen LogP contribution >= 0.6 is 0 Å². The lowest BCUT2D eigenvalue weighted by molar-refractivity contribution is 0.475. The first-order valence-electron chi connectivity index (χ1n) is 7.03. The van der Waals surface area contributed by atoms with E-state index in [0.717, 1.165) is 5.56 Å².